The van der Waals surface area contributed by atoms with Crippen LogP contribution in [-0.2, 0) is 5.41 Å². The Bertz CT molecular complexity index is 481. The third kappa shape index (κ3) is 4.27. The molecule has 1 saturated carbocycles. The van der Waals surface area contributed by atoms with E-state index in [2.05, 4.69) is 26.1 Å². The number of β-amino-alcohol motifs (C(OH)–C–C–N with tert-alkyl or cyclic N) is 1. The lowest BCUT2D eigenvalue weighted by molar-refractivity contribution is 0.0246. The van der Waals surface area contributed by atoms with Crippen LogP contribution in [0, 0.1) is 0 Å². The van der Waals surface area contributed by atoms with Gasteiger partial charge in [0.1, 0.15) is 0 Å². The van der Waals surface area contributed by atoms with E-state index in [1.165, 1.54) is 0 Å². The van der Waals surface area contributed by atoms with Crippen molar-refractivity contribution in [3.63, 3.8) is 0 Å². The third-order valence-corrected chi connectivity index (χ3v) is 4.94. The number of rotatable bonds is 4. The Balaban J connectivity index is 0.00000220. The number of aliphatic hydroxyl groups excluding tert-OH is 1. The summed E-state index contributed by atoms with van der Waals surface area (Å²) in [6.45, 7) is 6.90. The van der Waals surface area contributed by atoms with E-state index in [9.17, 15) is 5.11 Å². The van der Waals surface area contributed by atoms with Gasteiger partial charge in [-0.1, -0.05) is 35.7 Å². The van der Waals surface area contributed by atoms with Gasteiger partial charge < -0.3 is 10.4 Å². The quantitative estimate of drug-likeness (QED) is 0.831. The Kier molecular flexibility index (Phi) is 6.40. The number of halogens is 3. The molecule has 0 heterocycles. The molecule has 0 spiro atoms. The summed E-state index contributed by atoms with van der Waals surface area (Å²) >= 11 is 12.1. The van der Waals surface area contributed by atoms with E-state index in [1.54, 1.807) is 0 Å². The lowest BCUT2D eigenvalue weighted by Crippen LogP contribution is -2.52. The van der Waals surface area contributed by atoms with Crippen LogP contribution in [0.5, 0.6) is 0 Å². The minimum absolute atomic E-state index is 0. The molecular weight excluding hydrogens is 329 g/mol. The fourth-order valence-electron chi connectivity index (χ4n) is 2.78. The molecule has 120 valence electrons. The third-order valence-electron chi connectivity index (χ3n) is 4.20. The maximum atomic E-state index is 10.7. The predicted molar refractivity (Wildman–Crippen MR) is 93.0 cm³/mol. The molecular formula is C16H24Cl3NO. The van der Waals surface area contributed by atoms with E-state index >= 15 is 0 Å². The van der Waals surface area contributed by atoms with Crippen LogP contribution in [0.25, 0.3) is 0 Å². The molecule has 0 amide bonds. The molecule has 1 aromatic carbocycles. The molecule has 21 heavy (non-hydrogen) atoms. The summed E-state index contributed by atoms with van der Waals surface area (Å²) in [4.78, 5) is 0. The van der Waals surface area contributed by atoms with E-state index in [1.807, 2.05) is 18.2 Å². The van der Waals surface area contributed by atoms with Crippen LogP contribution in [0.15, 0.2) is 18.2 Å². The molecule has 0 bridgehead atoms. The van der Waals surface area contributed by atoms with Gasteiger partial charge in [-0.05, 0) is 51.3 Å². The second-order valence-electron chi connectivity index (χ2n) is 6.79. The van der Waals surface area contributed by atoms with Gasteiger partial charge in [-0.3, -0.25) is 0 Å². The number of nitrogens with one attached hydrogen (secondary N) is 1. The summed E-state index contributed by atoms with van der Waals surface area (Å²) in [6.07, 6.45) is 2.73. The molecule has 2 N–H and O–H groups in total. The first-order valence-corrected chi connectivity index (χ1v) is 7.89. The van der Waals surface area contributed by atoms with Crippen LogP contribution in [0.2, 0.25) is 10.0 Å². The molecule has 1 aromatic rings. The zero-order valence-electron chi connectivity index (χ0n) is 12.7. The van der Waals surface area contributed by atoms with Gasteiger partial charge in [0.05, 0.1) is 16.1 Å². The average Bonchev–Trinajstić information content (AvgIpc) is 2.29. The maximum Gasteiger partial charge on any atom is 0.0761 e. The monoisotopic (exact) mass is 351 g/mol. The van der Waals surface area contributed by atoms with E-state index in [0.717, 1.165) is 24.8 Å². The molecule has 1 unspecified atom stereocenters. The highest BCUT2D eigenvalue weighted by Crippen LogP contribution is 2.47. The number of hydrogen-bond donors (Lipinski definition) is 2. The van der Waals surface area contributed by atoms with Crippen molar-refractivity contribution in [3.8, 4) is 0 Å². The molecule has 2 rings (SSSR count). The summed E-state index contributed by atoms with van der Waals surface area (Å²) in [7, 11) is 0. The predicted octanol–water partition coefficient (Wildman–Crippen LogP) is 4.59. The van der Waals surface area contributed by atoms with E-state index in [4.69, 9.17) is 23.2 Å². The number of hydrogen-bond acceptors (Lipinski definition) is 2. The van der Waals surface area contributed by atoms with Crippen LogP contribution < -0.4 is 5.32 Å². The molecule has 1 fully saturated rings. The number of benzene rings is 1. The summed E-state index contributed by atoms with van der Waals surface area (Å²) < 4.78 is 0. The average molecular weight is 353 g/mol. The van der Waals surface area contributed by atoms with Crippen molar-refractivity contribution in [1.29, 1.82) is 0 Å². The maximum absolute atomic E-state index is 10.7. The second kappa shape index (κ2) is 7.06. The Morgan fingerprint density at radius 1 is 1.24 bits per heavy atom. The molecule has 1 aliphatic carbocycles. The summed E-state index contributed by atoms with van der Waals surface area (Å²) in [5.41, 5.74) is 0.928. The smallest absolute Gasteiger partial charge is 0.0761 e. The topological polar surface area (TPSA) is 32.3 Å². The molecule has 1 aliphatic rings. The Morgan fingerprint density at radius 2 is 1.86 bits per heavy atom. The minimum Gasteiger partial charge on any atom is -0.391 e. The highest BCUT2D eigenvalue weighted by Gasteiger charge is 2.45. The normalized spacial score (nSPS) is 18.6. The Hall–Kier alpha value is 0.01000. The molecule has 0 saturated heterocycles. The van der Waals surface area contributed by atoms with Gasteiger partial charge in [-0.2, -0.15) is 0 Å². The second-order valence-corrected chi connectivity index (χ2v) is 7.60. The fourth-order valence-corrected chi connectivity index (χ4v) is 3.07. The highest BCUT2D eigenvalue weighted by atomic mass is 35.5. The lowest BCUT2D eigenvalue weighted by atomic mass is 9.61. The van der Waals surface area contributed by atoms with Crippen molar-refractivity contribution in [2.75, 3.05) is 6.54 Å². The first-order chi connectivity index (χ1) is 9.24. The minimum atomic E-state index is -0.410. The van der Waals surface area contributed by atoms with Crippen molar-refractivity contribution >= 4 is 35.6 Å². The molecule has 1 atom stereocenters. The van der Waals surface area contributed by atoms with Gasteiger partial charge in [0.25, 0.3) is 0 Å². The van der Waals surface area contributed by atoms with Crippen LogP contribution >= 0.6 is 35.6 Å². The van der Waals surface area contributed by atoms with Crippen LogP contribution in [0.4, 0.5) is 0 Å². The van der Waals surface area contributed by atoms with Crippen LogP contribution in [-0.4, -0.2) is 23.3 Å². The van der Waals surface area contributed by atoms with E-state index in [0.29, 0.717) is 16.6 Å². The van der Waals surface area contributed by atoms with Crippen molar-refractivity contribution in [2.24, 2.45) is 0 Å². The van der Waals surface area contributed by atoms with Gasteiger partial charge in [0.2, 0.25) is 0 Å². The van der Waals surface area contributed by atoms with E-state index in [-0.39, 0.29) is 23.4 Å². The summed E-state index contributed by atoms with van der Waals surface area (Å²) in [5.74, 6) is 0. The zero-order chi connectivity index (χ0) is 15.0. The molecule has 0 aromatic heterocycles. The van der Waals surface area contributed by atoms with Crippen molar-refractivity contribution in [1.82, 2.24) is 5.32 Å². The SMILES string of the molecule is CC(C)(C)NCC(O)C1(c2ccc(Cl)c(Cl)c2)CCC1.Cl. The van der Waals surface area contributed by atoms with E-state index < -0.39 is 6.10 Å². The van der Waals surface area contributed by atoms with Crippen LogP contribution in [0.3, 0.4) is 0 Å². The summed E-state index contributed by atoms with van der Waals surface area (Å²) in [6, 6.07) is 5.72. The Labute approximate surface area is 143 Å². The zero-order valence-corrected chi connectivity index (χ0v) is 15.1. The molecule has 0 aliphatic heterocycles. The van der Waals surface area contributed by atoms with Crippen molar-refractivity contribution in [2.45, 2.75) is 57.1 Å². The van der Waals surface area contributed by atoms with Gasteiger partial charge in [-0.15, -0.1) is 12.4 Å². The van der Waals surface area contributed by atoms with Crippen molar-refractivity contribution in [3.05, 3.63) is 33.8 Å². The van der Waals surface area contributed by atoms with Gasteiger partial charge in [0, 0.05) is 17.5 Å². The Morgan fingerprint density at radius 3 is 2.29 bits per heavy atom. The van der Waals surface area contributed by atoms with Gasteiger partial charge >= 0.3 is 0 Å². The number of aliphatic hydroxyl groups is 1. The van der Waals surface area contributed by atoms with Crippen LogP contribution in [0.1, 0.15) is 45.6 Å². The molecule has 0 radical (unpaired) electrons. The molecule has 2 nitrogen and oxygen atoms in total. The summed E-state index contributed by atoms with van der Waals surface area (Å²) in [5, 5.41) is 15.2. The first-order valence-electron chi connectivity index (χ1n) is 7.13. The lowest BCUT2D eigenvalue weighted by Gasteiger charge is -2.47. The van der Waals surface area contributed by atoms with Crippen molar-refractivity contribution < 1.29 is 5.11 Å². The fraction of sp³-hybridized carbons (Fsp3) is 0.625. The standard InChI is InChI=1S/C16H23Cl2NO.ClH/c1-15(2,3)19-10-14(20)16(7-4-8-16)11-5-6-12(17)13(18)9-11;/h5-6,9,14,19-20H,4,7-8,10H2,1-3H3;1H. The van der Waals surface area contributed by atoms with Gasteiger partial charge in [-0.25, -0.2) is 0 Å². The highest BCUT2D eigenvalue weighted by molar-refractivity contribution is 6.42. The molecule has 5 heteroatoms. The first kappa shape index (κ1) is 19.1. The largest absolute Gasteiger partial charge is 0.391 e. The van der Waals surface area contributed by atoms with Gasteiger partial charge in [0.15, 0.2) is 0 Å².